The molecule has 0 aliphatic carbocycles. The highest BCUT2D eigenvalue weighted by atomic mass is 27.2. The van der Waals surface area contributed by atoms with Crippen LogP contribution in [0.5, 0.6) is 11.5 Å². The summed E-state index contributed by atoms with van der Waals surface area (Å²) in [6, 6.07) is 9.11. The van der Waals surface area contributed by atoms with Gasteiger partial charge in [0, 0.05) is 23.6 Å². The molecular weight excluding hydrogens is 495 g/mol. The van der Waals surface area contributed by atoms with Crippen LogP contribution in [-0.2, 0) is 21.7 Å². The van der Waals surface area contributed by atoms with Gasteiger partial charge < -0.3 is 7.58 Å². The van der Waals surface area contributed by atoms with Crippen LogP contribution in [0.2, 0.25) is 0 Å². The van der Waals surface area contributed by atoms with Gasteiger partial charge in [0.2, 0.25) is 0 Å². The van der Waals surface area contributed by atoms with E-state index in [4.69, 9.17) is 17.6 Å². The summed E-state index contributed by atoms with van der Waals surface area (Å²) in [7, 11) is 0. The minimum absolute atomic E-state index is 0.00306. The second-order valence-electron chi connectivity index (χ2n) is 15.8. The van der Waals surface area contributed by atoms with E-state index in [-0.39, 0.29) is 27.2 Å². The molecule has 0 bridgehead atoms. The van der Waals surface area contributed by atoms with Crippen molar-refractivity contribution < 1.29 is 7.58 Å². The van der Waals surface area contributed by atoms with Gasteiger partial charge in [0.25, 0.3) is 0 Å². The van der Waals surface area contributed by atoms with Crippen LogP contribution >= 0.6 is 0 Å². The SMILES string of the molecule is CC1(C)CN=Cc2cc(C(C)(C)C)cc(C(C)(C)C)c2[O][AlH][O]c2c(cc(C(C)(C)C)cc2C(C)(C)C)C=N1. The van der Waals surface area contributed by atoms with Gasteiger partial charge in [0.05, 0.1) is 23.6 Å². The average molecular weight is 547 g/mol. The lowest BCUT2D eigenvalue weighted by atomic mass is 9.79. The third-order valence-corrected chi connectivity index (χ3v) is 8.06. The summed E-state index contributed by atoms with van der Waals surface area (Å²) >= 11 is -1.44. The van der Waals surface area contributed by atoms with Crippen molar-refractivity contribution in [1.82, 2.24) is 0 Å². The zero-order chi connectivity index (χ0) is 29.6. The maximum Gasteiger partial charge on any atom is 0.832 e. The van der Waals surface area contributed by atoms with Gasteiger partial charge in [-0.15, -0.1) is 0 Å². The van der Waals surface area contributed by atoms with Gasteiger partial charge in [-0.25, -0.2) is 0 Å². The standard InChI is InChI=1S/C34H52N2O2.Al.H/c1-30(2,3)24-15-22(28(37)26(17-24)32(7,8)9)19-35-21-34(13,14)36-20-23-16-25(31(4,5)6)18-27(29(23)38)33(10,11)12;;/h15-20,37-38H,21H2,1-14H3;;/q;+2;/p-2. The largest absolute Gasteiger partial charge is 0.832 e. The molecule has 0 N–H and O–H groups in total. The summed E-state index contributed by atoms with van der Waals surface area (Å²) in [5.74, 6) is 1.79. The minimum atomic E-state index is -1.44. The maximum absolute atomic E-state index is 6.70. The molecule has 0 spiro atoms. The molecule has 3 rings (SSSR count). The normalized spacial score (nSPS) is 16.5. The third-order valence-electron chi connectivity index (χ3n) is 7.25. The lowest BCUT2D eigenvalue weighted by molar-refractivity contribution is 0.432. The van der Waals surface area contributed by atoms with Gasteiger partial charge >= 0.3 is 15.9 Å². The van der Waals surface area contributed by atoms with Crippen molar-refractivity contribution in [1.29, 1.82) is 0 Å². The van der Waals surface area contributed by atoms with E-state index in [1.807, 2.05) is 12.4 Å². The Morgan fingerprint density at radius 1 is 0.615 bits per heavy atom. The Morgan fingerprint density at radius 2 is 1.03 bits per heavy atom. The van der Waals surface area contributed by atoms with E-state index in [9.17, 15) is 0 Å². The van der Waals surface area contributed by atoms with E-state index in [0.29, 0.717) is 6.54 Å². The first kappa shape index (κ1) is 31.4. The summed E-state index contributed by atoms with van der Waals surface area (Å²) in [5.41, 5.74) is 6.41. The molecule has 4 nitrogen and oxygen atoms in total. The van der Waals surface area contributed by atoms with E-state index >= 15 is 0 Å². The van der Waals surface area contributed by atoms with Crippen molar-refractivity contribution in [3.8, 4) is 11.5 Å². The lowest BCUT2D eigenvalue weighted by Gasteiger charge is -2.30. The van der Waals surface area contributed by atoms with Gasteiger partial charge in [-0.05, 0) is 69.9 Å². The molecule has 1 heterocycles. The molecule has 0 saturated carbocycles. The number of rotatable bonds is 0. The number of benzene rings is 2. The molecule has 1 aliphatic heterocycles. The fourth-order valence-electron chi connectivity index (χ4n) is 4.60. The molecule has 0 radical (unpaired) electrons. The summed E-state index contributed by atoms with van der Waals surface area (Å²) < 4.78 is 13.4. The van der Waals surface area contributed by atoms with Gasteiger partial charge in [0.1, 0.15) is 0 Å². The topological polar surface area (TPSA) is 43.2 Å². The van der Waals surface area contributed by atoms with E-state index in [0.717, 1.165) is 22.6 Å². The fraction of sp³-hybridized carbons (Fsp3) is 0.588. The summed E-state index contributed by atoms with van der Waals surface area (Å²) in [6.07, 6.45) is 3.97. The highest BCUT2D eigenvalue weighted by Crippen LogP contribution is 2.40. The molecule has 0 aromatic heterocycles. The highest BCUT2D eigenvalue weighted by Gasteiger charge is 2.29. The van der Waals surface area contributed by atoms with Crippen LogP contribution in [0.3, 0.4) is 0 Å². The van der Waals surface area contributed by atoms with Crippen LogP contribution in [0.25, 0.3) is 0 Å². The Hall–Kier alpha value is -2.09. The summed E-state index contributed by atoms with van der Waals surface area (Å²) in [5, 5.41) is 0. The van der Waals surface area contributed by atoms with Gasteiger partial charge in [-0.2, -0.15) is 0 Å². The van der Waals surface area contributed by atoms with Crippen molar-refractivity contribution in [3.05, 3.63) is 57.6 Å². The van der Waals surface area contributed by atoms with Gasteiger partial charge in [-0.1, -0.05) is 95.2 Å². The van der Waals surface area contributed by atoms with E-state index in [1.54, 1.807) is 0 Å². The van der Waals surface area contributed by atoms with Crippen molar-refractivity contribution in [2.75, 3.05) is 6.54 Å². The molecule has 5 heteroatoms. The molecule has 212 valence electrons. The Kier molecular flexibility index (Phi) is 8.64. The molecular formula is C34H51AlN2O2. The van der Waals surface area contributed by atoms with Crippen LogP contribution in [-0.4, -0.2) is 40.4 Å². The van der Waals surface area contributed by atoms with Crippen LogP contribution in [0.1, 0.15) is 130 Å². The van der Waals surface area contributed by atoms with Crippen LogP contribution in [0.4, 0.5) is 0 Å². The van der Waals surface area contributed by atoms with Crippen molar-refractivity contribution in [2.24, 2.45) is 9.98 Å². The molecule has 0 atom stereocenters. The zero-order valence-corrected chi connectivity index (χ0v) is 28.5. The first-order chi connectivity index (χ1) is 17.6. The van der Waals surface area contributed by atoms with Crippen molar-refractivity contribution in [2.45, 2.75) is 124 Å². The third kappa shape index (κ3) is 7.77. The van der Waals surface area contributed by atoms with Crippen LogP contribution in [0, 0.1) is 0 Å². The Morgan fingerprint density at radius 3 is 1.41 bits per heavy atom. The van der Waals surface area contributed by atoms with E-state index < -0.39 is 15.9 Å². The zero-order valence-electron chi connectivity index (χ0n) is 27.1. The quantitative estimate of drug-likeness (QED) is 0.312. The summed E-state index contributed by atoms with van der Waals surface area (Å²) in [4.78, 5) is 9.93. The Labute approximate surface area is 245 Å². The molecule has 2 aromatic rings. The van der Waals surface area contributed by atoms with Crippen LogP contribution in [0.15, 0.2) is 34.3 Å². The molecule has 2 aromatic carbocycles. The maximum atomic E-state index is 6.70. The van der Waals surface area contributed by atoms with E-state index in [2.05, 4.69) is 121 Å². The number of hydrogen-bond acceptors (Lipinski definition) is 4. The first-order valence-corrected chi connectivity index (χ1v) is 15.4. The Bertz CT molecular complexity index is 1260. The average Bonchev–Trinajstić information content (AvgIpc) is 2.76. The van der Waals surface area contributed by atoms with E-state index in [1.165, 1.54) is 22.3 Å². The van der Waals surface area contributed by atoms with Crippen molar-refractivity contribution >= 4 is 28.3 Å². The second-order valence-corrected chi connectivity index (χ2v) is 16.6. The van der Waals surface area contributed by atoms with Crippen molar-refractivity contribution in [3.63, 3.8) is 0 Å². The minimum Gasteiger partial charge on any atom is -0.614 e. The predicted octanol–water partition coefficient (Wildman–Crippen LogP) is 8.23. The van der Waals surface area contributed by atoms with Gasteiger partial charge in [-0.3, -0.25) is 9.98 Å². The molecule has 39 heavy (non-hydrogen) atoms. The molecule has 0 amide bonds. The number of hydrogen-bond donors (Lipinski definition) is 0. The number of nitrogens with zero attached hydrogens (tertiary/aromatic N) is 2. The highest BCUT2D eigenvalue weighted by molar-refractivity contribution is 6.21. The fourth-order valence-corrected chi connectivity index (χ4v) is 5.54. The lowest BCUT2D eigenvalue weighted by Crippen LogP contribution is -2.23. The summed E-state index contributed by atoms with van der Waals surface area (Å²) in [6.45, 7) is 31.9. The number of fused-ring (bicyclic) bond motifs is 2. The molecule has 0 fully saturated rings. The number of aliphatic imine (C=N–C) groups is 2. The van der Waals surface area contributed by atoms with Crippen LogP contribution < -0.4 is 7.58 Å². The van der Waals surface area contributed by atoms with Gasteiger partial charge in [0.15, 0.2) is 0 Å². The second kappa shape index (κ2) is 10.7. The Balaban J connectivity index is 2.27. The molecule has 0 saturated heterocycles. The monoisotopic (exact) mass is 546 g/mol. The molecule has 1 aliphatic rings. The molecule has 0 unspecified atom stereocenters. The smallest absolute Gasteiger partial charge is 0.614 e. The first-order valence-electron chi connectivity index (χ1n) is 14.3. The predicted molar refractivity (Wildman–Crippen MR) is 170 cm³/mol.